The Morgan fingerprint density at radius 1 is 1.14 bits per heavy atom. The fourth-order valence-electron chi connectivity index (χ4n) is 4.07. The second-order valence-corrected chi connectivity index (χ2v) is 8.66. The van der Waals surface area contributed by atoms with E-state index in [1.165, 1.54) is 6.07 Å². The molecule has 192 valence electrons. The molecule has 0 bridgehead atoms. The number of nitrogens with zero attached hydrogens (tertiary/aromatic N) is 2. The van der Waals surface area contributed by atoms with Crippen LogP contribution in [0.4, 0.5) is 10.1 Å². The Hall–Kier alpha value is -3.34. The van der Waals surface area contributed by atoms with Crippen LogP contribution in [0.3, 0.4) is 0 Å². The van der Waals surface area contributed by atoms with Gasteiger partial charge >= 0.3 is 0 Å². The first-order chi connectivity index (χ1) is 17.2. The Morgan fingerprint density at radius 2 is 1.83 bits per heavy atom. The van der Waals surface area contributed by atoms with Crippen molar-refractivity contribution in [2.24, 2.45) is 10.7 Å². The maximum absolute atomic E-state index is 13.3. The second kappa shape index (κ2) is 12.1. The molecule has 2 aromatic rings. The highest BCUT2D eigenvalue weighted by molar-refractivity contribution is 6.47. The first-order valence-corrected chi connectivity index (χ1v) is 12.1. The van der Waals surface area contributed by atoms with Crippen molar-refractivity contribution >= 4 is 40.7 Å². The van der Waals surface area contributed by atoms with Gasteiger partial charge in [-0.3, -0.25) is 24.7 Å². The first kappa shape index (κ1) is 27.3. The molecule has 3 amide bonds. The molecule has 0 fully saturated rings. The van der Waals surface area contributed by atoms with E-state index >= 15 is 0 Å². The third-order valence-corrected chi connectivity index (χ3v) is 6.42. The summed E-state index contributed by atoms with van der Waals surface area (Å²) in [4.78, 5) is 44.6. The number of halogens is 2. The Morgan fingerprint density at radius 3 is 2.44 bits per heavy atom. The number of nitrogens with two attached hydrogens (primary N) is 1. The van der Waals surface area contributed by atoms with Crippen molar-refractivity contribution in [1.82, 2.24) is 15.5 Å². The summed E-state index contributed by atoms with van der Waals surface area (Å²) < 4.78 is 13.3. The predicted molar refractivity (Wildman–Crippen MR) is 138 cm³/mol. The number of anilines is 1. The van der Waals surface area contributed by atoms with Crippen LogP contribution in [0.25, 0.3) is 0 Å². The molecule has 0 spiro atoms. The lowest BCUT2D eigenvalue weighted by Crippen LogP contribution is -2.58. The number of carbonyl (C=O) groups is 3. The molecule has 1 aliphatic heterocycles. The summed E-state index contributed by atoms with van der Waals surface area (Å²) in [7, 11) is 0. The number of nitrogens with one attached hydrogen (secondary N) is 3. The van der Waals surface area contributed by atoms with Crippen LogP contribution in [0.15, 0.2) is 47.5 Å². The van der Waals surface area contributed by atoms with Gasteiger partial charge in [0.25, 0.3) is 11.8 Å². The van der Waals surface area contributed by atoms with Gasteiger partial charge in [0.1, 0.15) is 11.5 Å². The van der Waals surface area contributed by atoms with E-state index in [0.29, 0.717) is 17.8 Å². The Kier molecular flexibility index (Phi) is 9.14. The summed E-state index contributed by atoms with van der Waals surface area (Å²) in [6, 6.07) is 9.76. The number of carbonyl (C=O) groups excluding carboxylic acids is 3. The number of hydrogen-bond donors (Lipinski definition) is 4. The molecule has 1 atom stereocenters. The topological polar surface area (TPSA) is 129 Å². The minimum atomic E-state index is -1.61. The van der Waals surface area contributed by atoms with Crippen molar-refractivity contribution in [3.63, 3.8) is 0 Å². The molecule has 36 heavy (non-hydrogen) atoms. The highest BCUT2D eigenvalue weighted by Gasteiger charge is 2.49. The number of hydrogen-bond acceptors (Lipinski definition) is 6. The summed E-state index contributed by atoms with van der Waals surface area (Å²) in [5.41, 5.74) is 5.07. The van der Waals surface area contributed by atoms with Crippen LogP contribution < -0.4 is 21.7 Å². The van der Waals surface area contributed by atoms with E-state index in [0.717, 1.165) is 38.2 Å². The average Bonchev–Trinajstić information content (AvgIpc) is 3.31. The third-order valence-electron chi connectivity index (χ3n) is 6.10. The van der Waals surface area contributed by atoms with Crippen molar-refractivity contribution in [2.45, 2.75) is 25.8 Å². The van der Waals surface area contributed by atoms with Crippen molar-refractivity contribution in [1.29, 1.82) is 0 Å². The Bertz CT molecular complexity index is 1150. The molecule has 0 aliphatic carbocycles. The number of aliphatic imine (C=N–C) groups is 1. The molecule has 3 rings (SSSR count). The lowest BCUT2D eigenvalue weighted by Gasteiger charge is -2.28. The van der Waals surface area contributed by atoms with Crippen molar-refractivity contribution in [2.75, 3.05) is 38.2 Å². The molecular weight excluding hydrogens is 487 g/mol. The van der Waals surface area contributed by atoms with E-state index < -0.39 is 29.1 Å². The zero-order chi connectivity index (χ0) is 26.3. The van der Waals surface area contributed by atoms with Crippen LogP contribution in [0.1, 0.15) is 36.2 Å². The van der Waals surface area contributed by atoms with Crippen molar-refractivity contribution in [3.05, 3.63) is 64.4 Å². The molecule has 0 saturated carbocycles. The smallest absolute Gasteiger partial charge is 0.268 e. The molecule has 9 nitrogen and oxygen atoms in total. The molecule has 2 aromatic carbocycles. The van der Waals surface area contributed by atoms with Crippen LogP contribution in [0.5, 0.6) is 0 Å². The maximum Gasteiger partial charge on any atom is 0.268 e. The minimum Gasteiger partial charge on any atom is -0.367 e. The summed E-state index contributed by atoms with van der Waals surface area (Å²) >= 11 is 5.96. The number of primary amides is 1. The molecule has 0 saturated heterocycles. The predicted octanol–water partition coefficient (Wildman–Crippen LogP) is 2.26. The zero-order valence-electron chi connectivity index (χ0n) is 20.2. The fraction of sp³-hybridized carbons (Fsp3) is 0.360. The SMILES string of the molecule is CCN(CC)CCCNC(=O)C1=NCNC1(C(N)=O)c1ccc(NC(=O)c2ccc(F)cc2Cl)cc1. The summed E-state index contributed by atoms with van der Waals surface area (Å²) in [5.74, 6) is -2.32. The normalized spacial score (nSPS) is 17.1. The van der Waals surface area contributed by atoms with Gasteiger partial charge in [0.05, 0.1) is 17.3 Å². The zero-order valence-corrected chi connectivity index (χ0v) is 21.0. The van der Waals surface area contributed by atoms with Crippen molar-refractivity contribution < 1.29 is 18.8 Å². The van der Waals surface area contributed by atoms with Crippen LogP contribution in [-0.4, -0.2) is 61.2 Å². The largest absolute Gasteiger partial charge is 0.367 e. The number of rotatable bonds is 11. The van der Waals surface area contributed by atoms with Crippen LogP contribution in [-0.2, 0) is 15.1 Å². The van der Waals surface area contributed by atoms with Gasteiger partial charge in [-0.15, -0.1) is 0 Å². The second-order valence-electron chi connectivity index (χ2n) is 8.25. The Balaban J connectivity index is 1.72. The summed E-state index contributed by atoms with van der Waals surface area (Å²) in [6.45, 7) is 7.34. The lowest BCUT2D eigenvalue weighted by molar-refractivity contribution is -0.123. The van der Waals surface area contributed by atoms with Gasteiger partial charge in [0.2, 0.25) is 5.91 Å². The van der Waals surface area contributed by atoms with Gasteiger partial charge in [0, 0.05) is 12.2 Å². The van der Waals surface area contributed by atoms with E-state index in [1.54, 1.807) is 24.3 Å². The van der Waals surface area contributed by atoms with Gasteiger partial charge < -0.3 is 21.3 Å². The molecule has 1 unspecified atom stereocenters. The molecule has 1 heterocycles. The molecule has 0 aromatic heterocycles. The highest BCUT2D eigenvalue weighted by Crippen LogP contribution is 2.28. The molecular formula is C25H30ClFN6O3. The van der Waals surface area contributed by atoms with Crippen LogP contribution >= 0.6 is 11.6 Å². The van der Waals surface area contributed by atoms with Gasteiger partial charge in [-0.2, -0.15) is 0 Å². The standard InChI is InChI=1S/C25H30ClFN6O3/c1-3-33(4-2)13-5-12-29-23(35)21-25(24(28)36,31-15-30-21)16-6-9-18(10-7-16)32-22(34)19-11-8-17(27)14-20(19)26/h6-11,14,31H,3-5,12-13,15H2,1-2H3,(H2,28,36)(H,29,35)(H,32,34). The van der Waals surface area contributed by atoms with Crippen LogP contribution in [0, 0.1) is 5.82 Å². The molecule has 1 aliphatic rings. The summed E-state index contributed by atoms with van der Waals surface area (Å²) in [5, 5.41) is 8.44. The van der Waals surface area contributed by atoms with E-state index in [-0.39, 0.29) is 23.0 Å². The van der Waals surface area contributed by atoms with Gasteiger partial charge in [-0.05, 0) is 62.0 Å². The van der Waals surface area contributed by atoms with E-state index in [1.807, 2.05) is 0 Å². The van der Waals surface area contributed by atoms with Crippen molar-refractivity contribution in [3.8, 4) is 0 Å². The maximum atomic E-state index is 13.3. The average molecular weight is 517 g/mol. The fourth-order valence-corrected chi connectivity index (χ4v) is 4.32. The van der Waals surface area contributed by atoms with E-state index in [4.69, 9.17) is 17.3 Å². The summed E-state index contributed by atoms with van der Waals surface area (Å²) in [6.07, 6.45) is 0.754. The lowest BCUT2D eigenvalue weighted by atomic mass is 9.84. The minimum absolute atomic E-state index is 0.00674. The molecule has 0 radical (unpaired) electrons. The van der Waals surface area contributed by atoms with E-state index in [2.05, 4.69) is 39.7 Å². The van der Waals surface area contributed by atoms with Crippen LogP contribution in [0.2, 0.25) is 5.02 Å². The highest BCUT2D eigenvalue weighted by atomic mass is 35.5. The van der Waals surface area contributed by atoms with E-state index in [9.17, 15) is 18.8 Å². The van der Waals surface area contributed by atoms with Gasteiger partial charge in [0.15, 0.2) is 5.54 Å². The quantitative estimate of drug-likeness (QED) is 0.340. The van der Waals surface area contributed by atoms with Gasteiger partial charge in [-0.25, -0.2) is 4.39 Å². The molecule has 5 N–H and O–H groups in total. The molecule has 11 heteroatoms. The van der Waals surface area contributed by atoms with Gasteiger partial charge in [-0.1, -0.05) is 37.6 Å². The monoisotopic (exact) mass is 516 g/mol. The Labute approximate surface area is 214 Å². The number of benzene rings is 2. The third kappa shape index (κ3) is 5.89. The number of amides is 3. The first-order valence-electron chi connectivity index (χ1n) is 11.7.